The third-order valence-corrected chi connectivity index (χ3v) is 6.03. The van der Waals surface area contributed by atoms with Crippen molar-refractivity contribution in [2.75, 3.05) is 26.2 Å². The monoisotopic (exact) mass is 428 g/mol. The van der Waals surface area contributed by atoms with Crippen LogP contribution in [-0.4, -0.2) is 56.9 Å². The standard InChI is InChI=1S/C19H17ClN6O2S/c20-11-1-2-12-13(9-11)24-19(23-12)29-15-8-10(7-14-16(15)25-18(28)22-14)17(27)26-5-3-21-4-6-26/h1-2,7-9,21H,3-6H2,(H,23,24)(H2,22,25,28). The van der Waals surface area contributed by atoms with Crippen LogP contribution >= 0.6 is 23.4 Å². The normalized spacial score (nSPS) is 14.7. The van der Waals surface area contributed by atoms with Crippen molar-refractivity contribution in [2.45, 2.75) is 10.1 Å². The third-order valence-electron chi connectivity index (χ3n) is 4.87. The van der Waals surface area contributed by atoms with Gasteiger partial charge in [0.1, 0.15) is 0 Å². The fourth-order valence-electron chi connectivity index (χ4n) is 3.47. The number of hydrogen-bond donors (Lipinski definition) is 4. The van der Waals surface area contributed by atoms with E-state index >= 15 is 0 Å². The Balaban J connectivity index is 1.55. The summed E-state index contributed by atoms with van der Waals surface area (Å²) in [5, 5.41) is 4.51. The second-order valence-electron chi connectivity index (χ2n) is 6.82. The molecule has 0 spiro atoms. The Morgan fingerprint density at radius 1 is 1.07 bits per heavy atom. The highest BCUT2D eigenvalue weighted by Gasteiger charge is 2.21. The molecule has 0 saturated carbocycles. The highest BCUT2D eigenvalue weighted by Crippen LogP contribution is 2.33. The highest BCUT2D eigenvalue weighted by molar-refractivity contribution is 7.99. The molecule has 1 aliphatic rings. The number of carbonyl (C=O) groups excluding carboxylic acids is 1. The molecule has 2 aromatic heterocycles. The number of nitrogens with zero attached hydrogens (tertiary/aromatic N) is 2. The molecule has 1 saturated heterocycles. The van der Waals surface area contributed by atoms with Crippen LogP contribution in [0.25, 0.3) is 22.1 Å². The molecule has 0 unspecified atom stereocenters. The maximum atomic E-state index is 13.0. The van der Waals surface area contributed by atoms with Crippen molar-refractivity contribution in [3.8, 4) is 0 Å². The number of fused-ring (bicyclic) bond motifs is 2. The van der Waals surface area contributed by atoms with E-state index in [0.717, 1.165) is 29.0 Å². The van der Waals surface area contributed by atoms with Gasteiger partial charge < -0.3 is 25.2 Å². The summed E-state index contributed by atoms with van der Waals surface area (Å²) in [6, 6.07) is 8.98. The number of H-pyrrole nitrogens is 3. The Labute approximate surface area is 174 Å². The van der Waals surface area contributed by atoms with E-state index in [1.807, 2.05) is 11.0 Å². The quantitative estimate of drug-likeness (QED) is 0.401. The molecule has 4 aromatic rings. The fraction of sp³-hybridized carbons (Fsp3) is 0.211. The van der Waals surface area contributed by atoms with Gasteiger partial charge in [0.05, 0.1) is 22.1 Å². The molecule has 148 valence electrons. The first-order valence-corrected chi connectivity index (χ1v) is 10.4. The molecule has 1 fully saturated rings. The van der Waals surface area contributed by atoms with E-state index in [1.54, 1.807) is 24.3 Å². The lowest BCUT2D eigenvalue weighted by molar-refractivity contribution is 0.0735. The predicted octanol–water partition coefficient (Wildman–Crippen LogP) is 2.58. The Hall–Kier alpha value is -2.75. The van der Waals surface area contributed by atoms with Gasteiger partial charge in [-0.2, -0.15) is 0 Å². The number of aromatic nitrogens is 4. The number of halogens is 1. The molecule has 29 heavy (non-hydrogen) atoms. The van der Waals surface area contributed by atoms with Crippen LogP contribution in [-0.2, 0) is 0 Å². The Kier molecular flexibility index (Phi) is 4.57. The number of nitrogens with one attached hydrogen (secondary N) is 4. The molecule has 0 aliphatic carbocycles. The highest BCUT2D eigenvalue weighted by atomic mass is 35.5. The van der Waals surface area contributed by atoms with Gasteiger partial charge in [-0.15, -0.1) is 0 Å². The zero-order chi connectivity index (χ0) is 20.0. The van der Waals surface area contributed by atoms with Crippen molar-refractivity contribution >= 4 is 51.3 Å². The third kappa shape index (κ3) is 3.52. The van der Waals surface area contributed by atoms with Gasteiger partial charge in [-0.3, -0.25) is 4.79 Å². The van der Waals surface area contributed by atoms with Crippen LogP contribution in [0.4, 0.5) is 0 Å². The average Bonchev–Trinajstić information content (AvgIpc) is 3.29. The van der Waals surface area contributed by atoms with Crippen molar-refractivity contribution in [3.05, 3.63) is 51.4 Å². The van der Waals surface area contributed by atoms with E-state index in [9.17, 15) is 9.59 Å². The maximum Gasteiger partial charge on any atom is 0.323 e. The van der Waals surface area contributed by atoms with E-state index in [1.165, 1.54) is 11.8 Å². The topological polar surface area (TPSA) is 110 Å². The van der Waals surface area contributed by atoms with Gasteiger partial charge in [-0.25, -0.2) is 9.78 Å². The van der Waals surface area contributed by atoms with Crippen LogP contribution in [0.15, 0.2) is 45.2 Å². The molecule has 0 radical (unpaired) electrons. The average molecular weight is 429 g/mol. The number of aromatic amines is 3. The minimum atomic E-state index is -0.315. The summed E-state index contributed by atoms with van der Waals surface area (Å²) in [5.41, 5.74) is 3.09. The summed E-state index contributed by atoms with van der Waals surface area (Å²) < 4.78 is 0. The van der Waals surface area contributed by atoms with Crippen LogP contribution in [0.3, 0.4) is 0 Å². The van der Waals surface area contributed by atoms with Crippen LogP contribution < -0.4 is 11.0 Å². The van der Waals surface area contributed by atoms with Crippen LogP contribution in [0.5, 0.6) is 0 Å². The SMILES string of the molecule is O=C(c1cc(Sc2nc3cc(Cl)ccc3[nH]2)c2[nH]c(=O)[nH]c2c1)N1CCNCC1. The lowest BCUT2D eigenvalue weighted by Gasteiger charge is -2.27. The maximum absolute atomic E-state index is 13.0. The van der Waals surface area contributed by atoms with Gasteiger partial charge in [0.15, 0.2) is 5.16 Å². The second-order valence-corrected chi connectivity index (χ2v) is 8.29. The molecule has 4 N–H and O–H groups in total. The summed E-state index contributed by atoms with van der Waals surface area (Å²) in [6.45, 7) is 2.87. The number of imidazole rings is 2. The molecule has 10 heteroatoms. The van der Waals surface area contributed by atoms with Crippen molar-refractivity contribution in [1.29, 1.82) is 0 Å². The second kappa shape index (κ2) is 7.25. The van der Waals surface area contributed by atoms with Gasteiger partial charge >= 0.3 is 5.69 Å². The summed E-state index contributed by atoms with van der Waals surface area (Å²) >= 11 is 7.40. The van der Waals surface area contributed by atoms with Gasteiger partial charge in [-0.1, -0.05) is 11.6 Å². The number of benzene rings is 2. The molecule has 1 amide bonds. The first-order valence-electron chi connectivity index (χ1n) is 9.16. The number of hydrogen-bond acceptors (Lipinski definition) is 5. The number of rotatable bonds is 3. The zero-order valence-electron chi connectivity index (χ0n) is 15.2. The molecule has 0 atom stereocenters. The molecule has 2 aromatic carbocycles. The Morgan fingerprint density at radius 2 is 1.90 bits per heavy atom. The molecule has 3 heterocycles. The molecular formula is C19H17ClN6O2S. The van der Waals surface area contributed by atoms with Crippen molar-refractivity contribution < 1.29 is 4.79 Å². The minimum absolute atomic E-state index is 0.0475. The molecule has 5 rings (SSSR count). The van der Waals surface area contributed by atoms with Crippen molar-refractivity contribution in [1.82, 2.24) is 30.2 Å². The van der Waals surface area contributed by atoms with Crippen LogP contribution in [0.2, 0.25) is 5.02 Å². The molecular weight excluding hydrogens is 412 g/mol. The van der Waals surface area contributed by atoms with Gasteiger partial charge in [0.2, 0.25) is 0 Å². The summed E-state index contributed by atoms with van der Waals surface area (Å²) in [7, 11) is 0. The smallest absolute Gasteiger partial charge is 0.323 e. The molecule has 1 aliphatic heterocycles. The largest absolute Gasteiger partial charge is 0.336 e. The fourth-order valence-corrected chi connectivity index (χ4v) is 4.60. The number of carbonyl (C=O) groups is 1. The number of amides is 1. The summed E-state index contributed by atoms with van der Waals surface area (Å²) in [5.74, 6) is -0.0475. The van der Waals surface area contributed by atoms with E-state index in [2.05, 4.69) is 25.3 Å². The predicted molar refractivity (Wildman–Crippen MR) is 113 cm³/mol. The van der Waals surface area contributed by atoms with Crippen molar-refractivity contribution in [2.24, 2.45) is 0 Å². The minimum Gasteiger partial charge on any atom is -0.336 e. The van der Waals surface area contributed by atoms with E-state index in [0.29, 0.717) is 39.9 Å². The molecule has 8 nitrogen and oxygen atoms in total. The lowest BCUT2D eigenvalue weighted by Crippen LogP contribution is -2.46. The Bertz CT molecular complexity index is 1290. The van der Waals surface area contributed by atoms with Crippen molar-refractivity contribution in [3.63, 3.8) is 0 Å². The summed E-state index contributed by atoms with van der Waals surface area (Å²) in [6.07, 6.45) is 0. The van der Waals surface area contributed by atoms with E-state index in [4.69, 9.17) is 11.6 Å². The lowest BCUT2D eigenvalue weighted by atomic mass is 10.1. The van der Waals surface area contributed by atoms with E-state index in [-0.39, 0.29) is 11.6 Å². The van der Waals surface area contributed by atoms with Crippen LogP contribution in [0.1, 0.15) is 10.4 Å². The van der Waals surface area contributed by atoms with Gasteiger partial charge in [0.25, 0.3) is 5.91 Å². The first-order chi connectivity index (χ1) is 14.1. The summed E-state index contributed by atoms with van der Waals surface area (Å²) in [4.78, 5) is 40.8. The van der Waals surface area contributed by atoms with Gasteiger partial charge in [0, 0.05) is 41.7 Å². The molecule has 0 bridgehead atoms. The number of piperazine rings is 1. The van der Waals surface area contributed by atoms with Gasteiger partial charge in [-0.05, 0) is 42.1 Å². The Morgan fingerprint density at radius 3 is 2.72 bits per heavy atom. The zero-order valence-corrected chi connectivity index (χ0v) is 16.8. The first kappa shape index (κ1) is 18.3. The van der Waals surface area contributed by atoms with Crippen LogP contribution in [0, 0.1) is 0 Å². The van der Waals surface area contributed by atoms with E-state index < -0.39 is 0 Å².